The third-order valence-electron chi connectivity index (χ3n) is 6.96. The van der Waals surface area contributed by atoms with Gasteiger partial charge in [-0.3, -0.25) is 4.79 Å². The monoisotopic (exact) mass is 509 g/mol. The van der Waals surface area contributed by atoms with E-state index in [4.69, 9.17) is 14.7 Å². The molecular formula is C27H36N5O3P. The number of fused-ring (bicyclic) bond motifs is 1. The zero-order valence-corrected chi connectivity index (χ0v) is 22.7. The highest BCUT2D eigenvalue weighted by atomic mass is 31.2. The Labute approximate surface area is 212 Å². The lowest BCUT2D eigenvalue weighted by Gasteiger charge is -2.35. The van der Waals surface area contributed by atoms with Crippen molar-refractivity contribution < 1.29 is 9.30 Å². The van der Waals surface area contributed by atoms with E-state index >= 15 is 0 Å². The van der Waals surface area contributed by atoms with Gasteiger partial charge in [0.1, 0.15) is 19.3 Å². The summed E-state index contributed by atoms with van der Waals surface area (Å²) < 4.78 is 19.4. The summed E-state index contributed by atoms with van der Waals surface area (Å²) in [6.45, 7) is 9.84. The summed E-state index contributed by atoms with van der Waals surface area (Å²) in [5, 5.41) is 4.41. The number of anilines is 3. The fourth-order valence-corrected chi connectivity index (χ4v) is 5.60. The van der Waals surface area contributed by atoms with Crippen LogP contribution in [0.15, 0.2) is 35.3 Å². The normalized spacial score (nSPS) is 20.5. The standard InChI is InChI=1S/C27H36N5O3P/c1-17-10-18(2)15-32(14-17)27-28-13-22(19-6-7-19)25(30-27)29-21-8-9-23-20(11-21)12-24(26(33)31(23)3)35-16-36(4,5)34/h8-9,11-13,17-19H,6-7,10,14-16H2,1-5H3,(H,28,29,30)/t17-,18+. The summed E-state index contributed by atoms with van der Waals surface area (Å²) in [5.41, 5.74) is 2.60. The van der Waals surface area contributed by atoms with E-state index in [1.54, 1.807) is 31.0 Å². The van der Waals surface area contributed by atoms with Crippen LogP contribution in [0, 0.1) is 11.8 Å². The number of piperidine rings is 1. The average Bonchev–Trinajstić information content (AvgIpc) is 3.64. The van der Waals surface area contributed by atoms with Gasteiger partial charge in [-0.25, -0.2) is 4.98 Å². The van der Waals surface area contributed by atoms with Crippen molar-refractivity contribution in [3.05, 3.63) is 46.4 Å². The lowest BCUT2D eigenvalue weighted by Crippen LogP contribution is -2.39. The van der Waals surface area contributed by atoms with Crippen LogP contribution in [0.1, 0.15) is 44.6 Å². The molecule has 36 heavy (non-hydrogen) atoms. The van der Waals surface area contributed by atoms with E-state index in [-0.39, 0.29) is 17.7 Å². The van der Waals surface area contributed by atoms with Crippen molar-refractivity contribution in [2.45, 2.75) is 39.0 Å². The summed E-state index contributed by atoms with van der Waals surface area (Å²) >= 11 is 0. The maximum absolute atomic E-state index is 12.7. The lowest BCUT2D eigenvalue weighted by molar-refractivity contribution is 0.353. The van der Waals surface area contributed by atoms with Gasteiger partial charge in [0.05, 0.1) is 5.52 Å². The first-order valence-corrected chi connectivity index (χ1v) is 15.6. The van der Waals surface area contributed by atoms with Crippen LogP contribution in [0.3, 0.4) is 0 Å². The van der Waals surface area contributed by atoms with Gasteiger partial charge >= 0.3 is 0 Å². The number of nitrogens with one attached hydrogen (secondary N) is 1. The minimum Gasteiger partial charge on any atom is -0.480 e. The molecule has 2 fully saturated rings. The smallest absolute Gasteiger partial charge is 0.293 e. The third kappa shape index (κ3) is 5.44. The van der Waals surface area contributed by atoms with E-state index in [2.05, 4.69) is 24.1 Å². The molecule has 0 amide bonds. The Morgan fingerprint density at radius 3 is 2.53 bits per heavy atom. The number of hydrogen-bond acceptors (Lipinski definition) is 7. The molecule has 192 valence electrons. The lowest BCUT2D eigenvalue weighted by atomic mass is 9.92. The van der Waals surface area contributed by atoms with E-state index in [1.165, 1.54) is 6.42 Å². The van der Waals surface area contributed by atoms with Gasteiger partial charge in [0.15, 0.2) is 5.75 Å². The Morgan fingerprint density at radius 2 is 1.86 bits per heavy atom. The molecule has 1 saturated carbocycles. The van der Waals surface area contributed by atoms with E-state index in [0.29, 0.717) is 17.8 Å². The van der Waals surface area contributed by atoms with Crippen molar-refractivity contribution in [3.8, 4) is 5.75 Å². The highest BCUT2D eigenvalue weighted by Gasteiger charge is 2.29. The zero-order chi connectivity index (χ0) is 25.6. The van der Waals surface area contributed by atoms with Crippen LogP contribution >= 0.6 is 7.14 Å². The number of pyridine rings is 1. The zero-order valence-electron chi connectivity index (χ0n) is 21.8. The van der Waals surface area contributed by atoms with Crippen LogP contribution in [0.5, 0.6) is 5.75 Å². The maximum Gasteiger partial charge on any atom is 0.293 e. The Balaban J connectivity index is 1.47. The second-order valence-electron chi connectivity index (χ2n) is 11.2. The van der Waals surface area contributed by atoms with Gasteiger partial charge in [-0.05, 0) is 74.6 Å². The summed E-state index contributed by atoms with van der Waals surface area (Å²) in [6.07, 6.45) is 5.59. The number of benzene rings is 1. The molecule has 2 aromatic heterocycles. The molecule has 3 heterocycles. The molecule has 0 spiro atoms. The number of nitrogens with zero attached hydrogens (tertiary/aromatic N) is 4. The van der Waals surface area contributed by atoms with Gasteiger partial charge in [-0.2, -0.15) is 4.98 Å². The Kier molecular flexibility index (Phi) is 6.58. The Morgan fingerprint density at radius 1 is 1.14 bits per heavy atom. The topological polar surface area (TPSA) is 89.4 Å². The van der Waals surface area contributed by atoms with Crippen molar-refractivity contribution >= 4 is 35.5 Å². The molecule has 1 saturated heterocycles. The molecule has 1 aliphatic carbocycles. The molecule has 0 unspecified atom stereocenters. The SMILES string of the molecule is C[C@@H]1C[C@H](C)CN(c2ncc(C3CC3)c(Nc3ccc4c(c3)cc(OCP(C)(C)=O)c(=O)n4C)n2)C1. The van der Waals surface area contributed by atoms with Gasteiger partial charge in [0.2, 0.25) is 5.95 Å². The average molecular weight is 510 g/mol. The van der Waals surface area contributed by atoms with Crippen LogP contribution < -0.4 is 20.5 Å². The van der Waals surface area contributed by atoms with E-state index < -0.39 is 7.14 Å². The largest absolute Gasteiger partial charge is 0.480 e. The van der Waals surface area contributed by atoms with Crippen molar-refractivity contribution in [2.24, 2.45) is 18.9 Å². The van der Waals surface area contributed by atoms with Gasteiger partial charge in [0, 0.05) is 43.0 Å². The molecule has 0 radical (unpaired) electrons. The molecule has 2 aliphatic rings. The second kappa shape index (κ2) is 9.55. The molecule has 1 aromatic carbocycles. The Bertz CT molecular complexity index is 1380. The fourth-order valence-electron chi connectivity index (χ4n) is 5.15. The van der Waals surface area contributed by atoms with Crippen LogP contribution in [0.4, 0.5) is 17.5 Å². The van der Waals surface area contributed by atoms with Crippen molar-refractivity contribution in [1.82, 2.24) is 14.5 Å². The number of rotatable bonds is 7. The van der Waals surface area contributed by atoms with E-state index in [1.807, 2.05) is 24.4 Å². The Hall–Kier alpha value is -2.86. The first-order chi connectivity index (χ1) is 17.1. The van der Waals surface area contributed by atoms with Crippen LogP contribution in [-0.4, -0.2) is 47.3 Å². The van der Waals surface area contributed by atoms with Gasteiger partial charge in [0.25, 0.3) is 5.56 Å². The van der Waals surface area contributed by atoms with Crippen molar-refractivity contribution in [3.63, 3.8) is 0 Å². The number of ether oxygens (including phenoxy) is 1. The fraction of sp³-hybridized carbons (Fsp3) is 0.519. The molecule has 5 rings (SSSR count). The van der Waals surface area contributed by atoms with Crippen LogP contribution in [-0.2, 0) is 11.6 Å². The molecule has 2 atom stereocenters. The van der Waals surface area contributed by atoms with Crippen LogP contribution in [0.25, 0.3) is 10.9 Å². The molecule has 1 N–H and O–H groups in total. The summed E-state index contributed by atoms with van der Waals surface area (Å²) in [6, 6.07) is 7.64. The first kappa shape index (κ1) is 24.8. The number of aromatic nitrogens is 3. The van der Waals surface area contributed by atoms with Crippen molar-refractivity contribution in [1.29, 1.82) is 0 Å². The summed E-state index contributed by atoms with van der Waals surface area (Å²) in [7, 11) is -0.690. The van der Waals surface area contributed by atoms with Crippen LogP contribution in [0.2, 0.25) is 0 Å². The van der Waals surface area contributed by atoms with Gasteiger partial charge < -0.3 is 24.1 Å². The molecule has 1 aliphatic heterocycles. The third-order valence-corrected chi connectivity index (χ3v) is 7.71. The number of aryl methyl sites for hydroxylation is 1. The number of hydrogen-bond donors (Lipinski definition) is 1. The molecule has 9 heteroatoms. The molecule has 8 nitrogen and oxygen atoms in total. The predicted molar refractivity (Wildman–Crippen MR) is 147 cm³/mol. The molecular weight excluding hydrogens is 473 g/mol. The highest BCUT2D eigenvalue weighted by Crippen LogP contribution is 2.44. The maximum atomic E-state index is 12.7. The predicted octanol–water partition coefficient (Wildman–Crippen LogP) is 5.39. The van der Waals surface area contributed by atoms with E-state index in [9.17, 15) is 9.36 Å². The van der Waals surface area contributed by atoms with E-state index in [0.717, 1.165) is 59.9 Å². The van der Waals surface area contributed by atoms with Gasteiger partial charge in [-0.15, -0.1) is 0 Å². The summed E-state index contributed by atoms with van der Waals surface area (Å²) in [5.74, 6) is 3.59. The molecule has 3 aromatic rings. The highest BCUT2D eigenvalue weighted by molar-refractivity contribution is 7.62. The van der Waals surface area contributed by atoms with Gasteiger partial charge in [-0.1, -0.05) is 13.8 Å². The minimum absolute atomic E-state index is 0.0356. The summed E-state index contributed by atoms with van der Waals surface area (Å²) in [4.78, 5) is 24.8. The second-order valence-corrected chi connectivity index (χ2v) is 14.6. The minimum atomic E-state index is -2.42. The van der Waals surface area contributed by atoms with Crippen molar-refractivity contribution in [2.75, 3.05) is 43.0 Å². The molecule has 0 bridgehead atoms. The quantitative estimate of drug-likeness (QED) is 0.427. The first-order valence-electron chi connectivity index (χ1n) is 12.8.